The second-order valence-corrected chi connectivity index (χ2v) is 9.49. The Hall–Kier alpha value is -2.26. The molecule has 156 valence electrons. The number of rotatable bonds is 4. The van der Waals surface area contributed by atoms with E-state index in [9.17, 15) is 12.8 Å². The van der Waals surface area contributed by atoms with Crippen LogP contribution in [0.2, 0.25) is 0 Å². The largest absolute Gasteiger partial charge is 0.356 e. The number of sulfonamides is 1. The van der Waals surface area contributed by atoms with Crippen LogP contribution >= 0.6 is 0 Å². The van der Waals surface area contributed by atoms with E-state index in [1.54, 1.807) is 13.3 Å². The third kappa shape index (κ3) is 4.20. The highest BCUT2D eigenvalue weighted by molar-refractivity contribution is 7.89. The van der Waals surface area contributed by atoms with Gasteiger partial charge in [-0.25, -0.2) is 22.8 Å². The van der Waals surface area contributed by atoms with Crippen molar-refractivity contribution in [2.45, 2.75) is 31.1 Å². The molecule has 0 atom stereocenters. The van der Waals surface area contributed by atoms with Gasteiger partial charge in [-0.15, -0.1) is 0 Å². The summed E-state index contributed by atoms with van der Waals surface area (Å²) in [5.41, 5.74) is 0.425. The molecule has 1 aromatic carbocycles. The zero-order valence-corrected chi connectivity index (χ0v) is 17.4. The van der Waals surface area contributed by atoms with E-state index in [4.69, 9.17) is 0 Å². The first-order chi connectivity index (χ1) is 13.9. The highest BCUT2D eigenvalue weighted by Crippen LogP contribution is 2.25. The number of halogens is 1. The number of nitrogens with zero attached hydrogens (tertiary/aromatic N) is 5. The Labute approximate surface area is 171 Å². The van der Waals surface area contributed by atoms with Crippen LogP contribution in [-0.4, -0.2) is 62.0 Å². The summed E-state index contributed by atoms with van der Waals surface area (Å²) in [7, 11) is -3.64. The molecule has 0 aliphatic carbocycles. The molecule has 0 amide bonds. The number of anilines is 2. The monoisotopic (exact) mass is 419 g/mol. The van der Waals surface area contributed by atoms with Gasteiger partial charge in [-0.2, -0.15) is 4.31 Å². The number of aromatic nitrogens is 2. The molecule has 3 heterocycles. The highest BCUT2D eigenvalue weighted by atomic mass is 32.2. The maximum atomic E-state index is 13.4. The fourth-order valence-corrected chi connectivity index (χ4v) is 5.63. The minimum Gasteiger partial charge on any atom is -0.356 e. The summed E-state index contributed by atoms with van der Waals surface area (Å²) in [6.45, 7) is 5.48. The number of benzene rings is 1. The summed E-state index contributed by atoms with van der Waals surface area (Å²) in [5.74, 6) is 1.34. The molecular weight excluding hydrogens is 393 g/mol. The van der Waals surface area contributed by atoms with Crippen molar-refractivity contribution in [1.82, 2.24) is 14.3 Å². The number of hydrogen-bond acceptors (Lipinski definition) is 6. The normalized spacial score (nSPS) is 18.8. The second-order valence-electron chi connectivity index (χ2n) is 7.58. The van der Waals surface area contributed by atoms with Gasteiger partial charge in [0, 0.05) is 45.3 Å². The number of aryl methyl sites for hydroxylation is 1. The van der Waals surface area contributed by atoms with Crippen LogP contribution in [0.15, 0.2) is 35.5 Å². The molecule has 0 spiro atoms. The van der Waals surface area contributed by atoms with Gasteiger partial charge in [-0.05, 0) is 49.9 Å². The molecule has 2 aliphatic heterocycles. The number of piperidine rings is 1. The van der Waals surface area contributed by atoms with Crippen molar-refractivity contribution in [2.24, 2.45) is 0 Å². The quantitative estimate of drug-likeness (QED) is 0.758. The molecule has 7 nitrogen and oxygen atoms in total. The van der Waals surface area contributed by atoms with Gasteiger partial charge in [0.15, 0.2) is 0 Å². The molecular formula is C20H26FN5O2S. The molecule has 9 heteroatoms. The van der Waals surface area contributed by atoms with E-state index in [1.165, 1.54) is 41.8 Å². The summed E-state index contributed by atoms with van der Waals surface area (Å²) in [6, 6.07) is 5.80. The van der Waals surface area contributed by atoms with Crippen LogP contribution in [0.4, 0.5) is 16.0 Å². The van der Waals surface area contributed by atoms with E-state index in [2.05, 4.69) is 19.8 Å². The average Bonchev–Trinajstić information content (AvgIpc) is 2.74. The lowest BCUT2D eigenvalue weighted by Crippen LogP contribution is -2.49. The van der Waals surface area contributed by atoms with E-state index >= 15 is 0 Å². The minimum atomic E-state index is -3.64. The summed E-state index contributed by atoms with van der Waals surface area (Å²) in [6.07, 6.45) is 5.21. The summed E-state index contributed by atoms with van der Waals surface area (Å²) < 4.78 is 40.8. The average molecular weight is 420 g/mol. The Balaban J connectivity index is 1.45. The van der Waals surface area contributed by atoms with Crippen molar-refractivity contribution in [3.63, 3.8) is 0 Å². The van der Waals surface area contributed by atoms with Crippen molar-refractivity contribution in [3.8, 4) is 0 Å². The van der Waals surface area contributed by atoms with E-state index in [1.807, 2.05) is 6.07 Å². The van der Waals surface area contributed by atoms with Gasteiger partial charge in [0.05, 0.1) is 4.90 Å². The zero-order chi connectivity index (χ0) is 20.4. The minimum absolute atomic E-state index is 0.168. The third-order valence-electron chi connectivity index (χ3n) is 5.64. The fraction of sp³-hybridized carbons (Fsp3) is 0.500. The SMILES string of the molecule is Cc1cc(F)ccc1S(=O)(=O)N1CCN(c2cc(N3CCCCC3)ncn2)CC1. The summed E-state index contributed by atoms with van der Waals surface area (Å²) in [4.78, 5) is 13.4. The molecule has 1 aromatic heterocycles. The molecule has 2 saturated heterocycles. The van der Waals surface area contributed by atoms with Crippen LogP contribution in [0, 0.1) is 12.7 Å². The maximum absolute atomic E-state index is 13.4. The Bertz CT molecular complexity index is 971. The van der Waals surface area contributed by atoms with E-state index in [0.29, 0.717) is 31.7 Å². The molecule has 0 unspecified atom stereocenters. The van der Waals surface area contributed by atoms with Crippen molar-refractivity contribution in [2.75, 3.05) is 49.1 Å². The third-order valence-corrected chi connectivity index (χ3v) is 7.69. The van der Waals surface area contributed by atoms with E-state index < -0.39 is 15.8 Å². The van der Waals surface area contributed by atoms with Gasteiger partial charge < -0.3 is 9.80 Å². The van der Waals surface area contributed by atoms with Crippen LogP contribution in [0.25, 0.3) is 0 Å². The predicted octanol–water partition coefficient (Wildman–Crippen LogP) is 2.43. The molecule has 0 radical (unpaired) electrons. The maximum Gasteiger partial charge on any atom is 0.243 e. The van der Waals surface area contributed by atoms with E-state index in [-0.39, 0.29) is 4.90 Å². The fourth-order valence-electron chi connectivity index (χ4n) is 4.00. The van der Waals surface area contributed by atoms with Crippen LogP contribution in [-0.2, 0) is 10.0 Å². The standard InChI is InChI=1S/C20H26FN5O2S/c1-16-13-17(21)5-6-18(16)29(27,28)26-11-9-25(10-12-26)20-14-19(22-15-23-20)24-7-3-2-4-8-24/h5-6,13-15H,2-4,7-12H2,1H3. The second kappa shape index (κ2) is 8.23. The van der Waals surface area contributed by atoms with Crippen molar-refractivity contribution in [1.29, 1.82) is 0 Å². The Morgan fingerprint density at radius 2 is 1.48 bits per heavy atom. The summed E-state index contributed by atoms with van der Waals surface area (Å²) in [5, 5.41) is 0. The lowest BCUT2D eigenvalue weighted by Gasteiger charge is -2.35. The van der Waals surface area contributed by atoms with Gasteiger partial charge in [0.2, 0.25) is 10.0 Å². The van der Waals surface area contributed by atoms with Gasteiger partial charge in [0.1, 0.15) is 23.8 Å². The first-order valence-electron chi connectivity index (χ1n) is 10.0. The highest BCUT2D eigenvalue weighted by Gasteiger charge is 2.30. The van der Waals surface area contributed by atoms with Crippen molar-refractivity contribution >= 4 is 21.7 Å². The van der Waals surface area contributed by atoms with Crippen molar-refractivity contribution in [3.05, 3.63) is 42.0 Å². The smallest absolute Gasteiger partial charge is 0.243 e. The zero-order valence-electron chi connectivity index (χ0n) is 16.6. The van der Waals surface area contributed by atoms with Gasteiger partial charge in [-0.1, -0.05) is 0 Å². The molecule has 0 N–H and O–H groups in total. The lowest BCUT2D eigenvalue weighted by atomic mass is 10.1. The molecule has 0 saturated carbocycles. The Morgan fingerprint density at radius 3 is 2.10 bits per heavy atom. The molecule has 2 fully saturated rings. The molecule has 2 aromatic rings. The number of hydrogen-bond donors (Lipinski definition) is 0. The first-order valence-corrected chi connectivity index (χ1v) is 11.5. The van der Waals surface area contributed by atoms with Crippen LogP contribution in [0.1, 0.15) is 24.8 Å². The number of piperazine rings is 1. The molecule has 0 bridgehead atoms. The lowest BCUT2D eigenvalue weighted by molar-refractivity contribution is 0.383. The van der Waals surface area contributed by atoms with Gasteiger partial charge in [0.25, 0.3) is 0 Å². The van der Waals surface area contributed by atoms with Gasteiger partial charge in [-0.3, -0.25) is 0 Å². The van der Waals surface area contributed by atoms with E-state index in [0.717, 1.165) is 24.7 Å². The summed E-state index contributed by atoms with van der Waals surface area (Å²) >= 11 is 0. The van der Waals surface area contributed by atoms with Gasteiger partial charge >= 0.3 is 0 Å². The van der Waals surface area contributed by atoms with Crippen molar-refractivity contribution < 1.29 is 12.8 Å². The molecule has 2 aliphatic rings. The Kier molecular flexibility index (Phi) is 5.69. The van der Waals surface area contributed by atoms with Crippen LogP contribution < -0.4 is 9.80 Å². The molecule has 29 heavy (non-hydrogen) atoms. The van der Waals surface area contributed by atoms with Crippen LogP contribution in [0.3, 0.4) is 0 Å². The first kappa shape index (κ1) is 20.0. The Morgan fingerprint density at radius 1 is 0.862 bits per heavy atom. The predicted molar refractivity (Wildman–Crippen MR) is 110 cm³/mol. The molecule has 4 rings (SSSR count). The topological polar surface area (TPSA) is 69.6 Å². The van der Waals surface area contributed by atoms with Crippen LogP contribution in [0.5, 0.6) is 0 Å².